The zero-order valence-electron chi connectivity index (χ0n) is 18.6. The molecule has 6 rings (SSSR count). The highest BCUT2D eigenvalue weighted by Crippen LogP contribution is 2.30. The highest BCUT2D eigenvalue weighted by Gasteiger charge is 2.25. The van der Waals surface area contributed by atoms with E-state index in [1.54, 1.807) is 41.0 Å². The molecule has 5 aromatic rings. The number of carbonyl (C=O) groups is 1. The number of nitrogens with one attached hydrogen (secondary N) is 1. The van der Waals surface area contributed by atoms with Crippen molar-refractivity contribution in [3.63, 3.8) is 0 Å². The second-order valence-electron chi connectivity index (χ2n) is 8.46. The average molecular weight is 457 g/mol. The molecule has 1 N–H and O–H groups in total. The van der Waals surface area contributed by atoms with Gasteiger partial charge < -0.3 is 10.1 Å². The van der Waals surface area contributed by atoms with E-state index in [2.05, 4.69) is 30.8 Å². The maximum Gasteiger partial charge on any atom is 0.255 e. The van der Waals surface area contributed by atoms with E-state index >= 15 is 0 Å². The Balaban J connectivity index is 1.24. The van der Waals surface area contributed by atoms with Gasteiger partial charge in [0.25, 0.3) is 5.91 Å². The third-order valence-electron chi connectivity index (χ3n) is 6.41. The van der Waals surface area contributed by atoms with Gasteiger partial charge in [0.05, 0.1) is 36.6 Å². The maximum absolute atomic E-state index is 13.2. The number of rotatable bonds is 5. The summed E-state index contributed by atoms with van der Waals surface area (Å²) in [7, 11) is 1.56. The predicted octanol–water partition coefficient (Wildman–Crippen LogP) is 2.58. The lowest BCUT2D eigenvalue weighted by molar-refractivity contribution is 0.0918. The Labute approximate surface area is 194 Å². The maximum atomic E-state index is 13.2. The summed E-state index contributed by atoms with van der Waals surface area (Å²) in [5, 5.41) is 21.0. The lowest BCUT2D eigenvalue weighted by Gasteiger charge is -2.29. The van der Waals surface area contributed by atoms with Crippen LogP contribution in [0.5, 0.6) is 5.75 Å². The van der Waals surface area contributed by atoms with E-state index in [0.29, 0.717) is 28.7 Å². The van der Waals surface area contributed by atoms with Crippen LogP contribution in [0.2, 0.25) is 0 Å². The molecular formula is C23H23N9O2. The van der Waals surface area contributed by atoms with Gasteiger partial charge in [0, 0.05) is 36.1 Å². The summed E-state index contributed by atoms with van der Waals surface area (Å²) in [6.45, 7) is 0. The fourth-order valence-corrected chi connectivity index (χ4v) is 4.65. The van der Waals surface area contributed by atoms with Crippen molar-refractivity contribution in [1.29, 1.82) is 0 Å². The molecule has 1 fully saturated rings. The van der Waals surface area contributed by atoms with Gasteiger partial charge in [-0.25, -0.2) is 14.3 Å². The van der Waals surface area contributed by atoms with E-state index in [1.807, 2.05) is 35.3 Å². The van der Waals surface area contributed by atoms with E-state index < -0.39 is 0 Å². The summed E-state index contributed by atoms with van der Waals surface area (Å²) in [5.41, 5.74) is 1.94. The minimum Gasteiger partial charge on any atom is -0.496 e. The number of benzene rings is 1. The lowest BCUT2D eigenvalue weighted by atomic mass is 9.91. The van der Waals surface area contributed by atoms with Gasteiger partial charge >= 0.3 is 0 Å². The third kappa shape index (κ3) is 3.54. The van der Waals surface area contributed by atoms with E-state index in [-0.39, 0.29) is 11.9 Å². The standard InChI is InChI=1S/C23H23N9O2/c1-34-20-12-19-15(14-31(28-19)22-13-24-21-3-2-8-26-32(21)22)11-18(20)23(33)27-16-4-6-17(7-5-16)30-10-9-25-29-30/h2-3,8-14,16-17H,4-7H2,1H3,(H,27,33). The SMILES string of the molecule is COc1cc2nn(-c3cnc4cccnn34)cc2cc1C(=O)NC1CCC(n2ccnn2)CC1. The molecule has 4 heterocycles. The molecule has 0 bridgehead atoms. The minimum absolute atomic E-state index is 0.111. The van der Waals surface area contributed by atoms with Gasteiger partial charge in [-0.3, -0.25) is 4.79 Å². The van der Waals surface area contributed by atoms with Crippen LogP contribution in [0.15, 0.2) is 55.2 Å². The monoisotopic (exact) mass is 457 g/mol. The van der Waals surface area contributed by atoms with Crippen LogP contribution in [0.4, 0.5) is 0 Å². The summed E-state index contributed by atoms with van der Waals surface area (Å²) < 4.78 is 10.9. The van der Waals surface area contributed by atoms with E-state index in [9.17, 15) is 4.79 Å². The predicted molar refractivity (Wildman–Crippen MR) is 123 cm³/mol. The molecule has 1 amide bonds. The molecule has 0 aliphatic heterocycles. The van der Waals surface area contributed by atoms with Gasteiger partial charge in [0.1, 0.15) is 5.75 Å². The molecule has 172 valence electrons. The number of fused-ring (bicyclic) bond motifs is 2. The first-order valence-electron chi connectivity index (χ1n) is 11.2. The molecule has 1 aromatic carbocycles. The van der Waals surface area contributed by atoms with Gasteiger partial charge in [-0.1, -0.05) is 5.21 Å². The van der Waals surface area contributed by atoms with Crippen molar-refractivity contribution in [2.24, 2.45) is 0 Å². The largest absolute Gasteiger partial charge is 0.496 e. The lowest BCUT2D eigenvalue weighted by Crippen LogP contribution is -2.38. The molecule has 34 heavy (non-hydrogen) atoms. The van der Waals surface area contributed by atoms with Crippen LogP contribution in [-0.4, -0.2) is 58.4 Å². The summed E-state index contributed by atoms with van der Waals surface area (Å²) >= 11 is 0. The van der Waals surface area contributed by atoms with Crippen LogP contribution in [0.1, 0.15) is 42.1 Å². The Kier molecular flexibility index (Phi) is 4.93. The van der Waals surface area contributed by atoms with Crippen molar-refractivity contribution >= 4 is 22.5 Å². The van der Waals surface area contributed by atoms with E-state index in [1.165, 1.54) is 0 Å². The molecule has 1 saturated carbocycles. The summed E-state index contributed by atoms with van der Waals surface area (Å²) in [5.74, 6) is 1.05. The van der Waals surface area contributed by atoms with E-state index in [4.69, 9.17) is 4.74 Å². The second-order valence-corrected chi connectivity index (χ2v) is 8.46. The van der Waals surface area contributed by atoms with Gasteiger partial charge in [0.15, 0.2) is 11.5 Å². The fourth-order valence-electron chi connectivity index (χ4n) is 4.65. The first-order valence-corrected chi connectivity index (χ1v) is 11.2. The number of hydrogen-bond donors (Lipinski definition) is 1. The third-order valence-corrected chi connectivity index (χ3v) is 6.41. The van der Waals surface area contributed by atoms with Gasteiger partial charge in [-0.05, 0) is 43.9 Å². The highest BCUT2D eigenvalue weighted by molar-refractivity contribution is 6.01. The molecule has 11 heteroatoms. The van der Waals surface area contributed by atoms with Gasteiger partial charge in [-0.15, -0.1) is 5.10 Å². The number of hydrogen-bond acceptors (Lipinski definition) is 7. The number of ether oxygens (including phenoxy) is 1. The van der Waals surface area contributed by atoms with Gasteiger partial charge in [0.2, 0.25) is 0 Å². The van der Waals surface area contributed by atoms with E-state index in [0.717, 1.165) is 36.7 Å². The zero-order chi connectivity index (χ0) is 23.1. The number of methoxy groups -OCH3 is 1. The van der Waals surface area contributed by atoms with Crippen molar-refractivity contribution in [1.82, 2.24) is 44.7 Å². The van der Waals surface area contributed by atoms with Crippen molar-refractivity contribution in [2.75, 3.05) is 7.11 Å². The average Bonchev–Trinajstić information content (AvgIpc) is 3.62. The Morgan fingerprint density at radius 3 is 2.85 bits per heavy atom. The topological polar surface area (TPSA) is 117 Å². The van der Waals surface area contributed by atoms with Crippen molar-refractivity contribution in [3.8, 4) is 11.6 Å². The molecule has 0 saturated heterocycles. The molecule has 0 radical (unpaired) electrons. The zero-order valence-corrected chi connectivity index (χ0v) is 18.6. The molecule has 4 aromatic heterocycles. The Morgan fingerprint density at radius 2 is 2.06 bits per heavy atom. The highest BCUT2D eigenvalue weighted by atomic mass is 16.5. The quantitative estimate of drug-likeness (QED) is 0.431. The summed E-state index contributed by atoms with van der Waals surface area (Å²) in [4.78, 5) is 17.6. The molecule has 11 nitrogen and oxygen atoms in total. The number of aromatic nitrogens is 8. The first-order chi connectivity index (χ1) is 16.7. The molecule has 0 unspecified atom stereocenters. The van der Waals surface area contributed by atoms with Crippen LogP contribution in [0.3, 0.4) is 0 Å². The first kappa shape index (κ1) is 20.3. The van der Waals surface area contributed by atoms with Crippen molar-refractivity contribution < 1.29 is 9.53 Å². The Morgan fingerprint density at radius 1 is 1.18 bits per heavy atom. The molecule has 0 spiro atoms. The number of imidazole rings is 1. The minimum atomic E-state index is -0.146. The summed E-state index contributed by atoms with van der Waals surface area (Å²) in [6, 6.07) is 7.78. The Hall–Kier alpha value is -4.28. The molecule has 0 atom stereocenters. The van der Waals surface area contributed by atoms with Crippen LogP contribution in [-0.2, 0) is 0 Å². The second kappa shape index (κ2) is 8.25. The number of nitrogens with zero attached hydrogens (tertiary/aromatic N) is 8. The summed E-state index contributed by atoms with van der Waals surface area (Å²) in [6.07, 6.45) is 12.6. The normalized spacial score (nSPS) is 18.4. The molecule has 1 aliphatic carbocycles. The van der Waals surface area contributed by atoms with Crippen LogP contribution in [0, 0.1) is 0 Å². The number of carbonyl (C=O) groups excluding carboxylic acids is 1. The van der Waals surface area contributed by atoms with Crippen molar-refractivity contribution in [3.05, 3.63) is 60.8 Å². The van der Waals surface area contributed by atoms with Crippen molar-refractivity contribution in [2.45, 2.75) is 37.8 Å². The van der Waals surface area contributed by atoms with Crippen LogP contribution < -0.4 is 10.1 Å². The molecular weight excluding hydrogens is 434 g/mol. The number of amides is 1. The van der Waals surface area contributed by atoms with Crippen LogP contribution >= 0.6 is 0 Å². The smallest absolute Gasteiger partial charge is 0.255 e. The van der Waals surface area contributed by atoms with Crippen LogP contribution in [0.25, 0.3) is 22.4 Å². The Bertz CT molecular complexity index is 1460. The fraction of sp³-hybridized carbons (Fsp3) is 0.304. The molecule has 1 aliphatic rings. The van der Waals surface area contributed by atoms with Gasteiger partial charge in [-0.2, -0.15) is 14.7 Å².